The van der Waals surface area contributed by atoms with Crippen molar-refractivity contribution in [2.45, 2.75) is 38.6 Å². The number of amides is 4. The summed E-state index contributed by atoms with van der Waals surface area (Å²) in [6.07, 6.45) is 2.45. The van der Waals surface area contributed by atoms with E-state index in [2.05, 4.69) is 12.2 Å². The number of nitrogens with zero attached hydrogens (tertiary/aromatic N) is 2. The van der Waals surface area contributed by atoms with E-state index in [1.807, 2.05) is 6.92 Å². The van der Waals surface area contributed by atoms with E-state index < -0.39 is 11.6 Å². The average Bonchev–Trinajstić information content (AvgIpc) is 2.93. The van der Waals surface area contributed by atoms with Crippen molar-refractivity contribution in [3.05, 3.63) is 29.8 Å². The van der Waals surface area contributed by atoms with E-state index in [9.17, 15) is 14.4 Å². The highest BCUT2D eigenvalue weighted by Crippen LogP contribution is 2.33. The second kappa shape index (κ2) is 7.58. The minimum absolute atomic E-state index is 0.174. The van der Waals surface area contributed by atoms with Crippen LogP contribution in [-0.2, 0) is 15.1 Å². The van der Waals surface area contributed by atoms with Crippen molar-refractivity contribution in [3.63, 3.8) is 0 Å². The Hall–Kier alpha value is -2.57. The number of ether oxygens (including phenoxy) is 1. The Morgan fingerprint density at radius 2 is 2.00 bits per heavy atom. The number of likely N-dealkylation sites (tertiary alicyclic amines) is 1. The van der Waals surface area contributed by atoms with Gasteiger partial charge in [-0.25, -0.2) is 4.79 Å². The van der Waals surface area contributed by atoms with Gasteiger partial charge in [-0.05, 0) is 42.9 Å². The Morgan fingerprint density at radius 1 is 1.30 bits per heavy atom. The molecular formula is C20H27N3O4. The van der Waals surface area contributed by atoms with Crippen LogP contribution in [0.25, 0.3) is 0 Å². The molecule has 0 unspecified atom stereocenters. The molecule has 1 N–H and O–H groups in total. The summed E-state index contributed by atoms with van der Waals surface area (Å²) < 4.78 is 5.16. The fourth-order valence-electron chi connectivity index (χ4n) is 3.94. The number of methoxy groups -OCH3 is 1. The number of hydrogen-bond acceptors (Lipinski definition) is 4. The molecule has 0 saturated carbocycles. The topological polar surface area (TPSA) is 79.0 Å². The molecule has 0 aromatic heterocycles. The molecule has 4 amide bonds. The Balaban J connectivity index is 1.79. The van der Waals surface area contributed by atoms with Gasteiger partial charge in [-0.3, -0.25) is 14.5 Å². The molecule has 0 radical (unpaired) electrons. The van der Waals surface area contributed by atoms with Crippen molar-refractivity contribution >= 4 is 17.8 Å². The van der Waals surface area contributed by atoms with Gasteiger partial charge in [0, 0.05) is 13.1 Å². The molecule has 2 aliphatic heterocycles. The summed E-state index contributed by atoms with van der Waals surface area (Å²) in [5.41, 5.74) is -0.454. The van der Waals surface area contributed by atoms with Gasteiger partial charge in [0.1, 0.15) is 17.8 Å². The van der Waals surface area contributed by atoms with Crippen LogP contribution < -0.4 is 10.1 Å². The molecule has 27 heavy (non-hydrogen) atoms. The molecular weight excluding hydrogens is 346 g/mol. The van der Waals surface area contributed by atoms with Crippen molar-refractivity contribution in [3.8, 4) is 5.75 Å². The van der Waals surface area contributed by atoms with E-state index in [1.165, 1.54) is 0 Å². The second-order valence-corrected chi connectivity index (χ2v) is 7.40. The molecule has 2 saturated heterocycles. The van der Waals surface area contributed by atoms with Crippen molar-refractivity contribution in [2.24, 2.45) is 5.92 Å². The van der Waals surface area contributed by atoms with Gasteiger partial charge >= 0.3 is 6.03 Å². The predicted octanol–water partition coefficient (Wildman–Crippen LogP) is 2.11. The zero-order valence-electron chi connectivity index (χ0n) is 16.2. The smallest absolute Gasteiger partial charge is 0.325 e. The summed E-state index contributed by atoms with van der Waals surface area (Å²) in [6, 6.07) is 6.55. The molecule has 2 heterocycles. The van der Waals surface area contributed by atoms with Gasteiger partial charge in [0.25, 0.3) is 5.91 Å². The molecule has 2 aliphatic rings. The van der Waals surface area contributed by atoms with Crippen molar-refractivity contribution in [1.29, 1.82) is 0 Å². The first-order valence-electron chi connectivity index (χ1n) is 9.47. The fraction of sp³-hybridized carbons (Fsp3) is 0.550. The second-order valence-electron chi connectivity index (χ2n) is 7.40. The molecule has 0 bridgehead atoms. The third kappa shape index (κ3) is 3.50. The number of nitrogens with one attached hydrogen (secondary N) is 1. The van der Waals surface area contributed by atoms with Crippen molar-refractivity contribution in [1.82, 2.24) is 15.1 Å². The van der Waals surface area contributed by atoms with Crippen LogP contribution in [0.2, 0.25) is 0 Å². The molecule has 1 aromatic carbocycles. The highest BCUT2D eigenvalue weighted by Gasteiger charge is 2.51. The normalized spacial score (nSPS) is 25.5. The van der Waals surface area contributed by atoms with E-state index in [-0.39, 0.29) is 18.4 Å². The summed E-state index contributed by atoms with van der Waals surface area (Å²) in [5, 5.41) is 2.81. The standard InChI is InChI=1S/C20H27N3O4/c1-4-20(15-7-9-16(27-3)10-8-15)18(25)23(19(26)21-20)13-17(24)22-11-5-6-14(2)12-22/h7-10,14H,4-6,11-13H2,1-3H3,(H,21,26)/t14-,20-/m0/s1. The van der Waals surface area contributed by atoms with Gasteiger partial charge in [-0.1, -0.05) is 26.0 Å². The largest absolute Gasteiger partial charge is 0.497 e. The molecule has 2 fully saturated rings. The summed E-state index contributed by atoms with van der Waals surface area (Å²) in [5.74, 6) is 0.568. The first-order valence-corrected chi connectivity index (χ1v) is 9.47. The van der Waals surface area contributed by atoms with E-state index in [4.69, 9.17) is 4.74 Å². The van der Waals surface area contributed by atoms with Crippen molar-refractivity contribution in [2.75, 3.05) is 26.7 Å². The Kier molecular flexibility index (Phi) is 5.39. The molecule has 1 aromatic rings. The molecule has 2 atom stereocenters. The van der Waals surface area contributed by atoms with Crippen LogP contribution in [0.3, 0.4) is 0 Å². The van der Waals surface area contributed by atoms with Gasteiger partial charge in [-0.2, -0.15) is 0 Å². The van der Waals surface area contributed by atoms with Gasteiger partial charge in [0.05, 0.1) is 7.11 Å². The average molecular weight is 373 g/mol. The van der Waals surface area contributed by atoms with E-state index >= 15 is 0 Å². The van der Waals surface area contributed by atoms with Crippen LogP contribution in [-0.4, -0.2) is 54.4 Å². The number of imide groups is 1. The van der Waals surface area contributed by atoms with Gasteiger partial charge in [0.2, 0.25) is 5.91 Å². The van der Waals surface area contributed by atoms with Crippen LogP contribution in [0.15, 0.2) is 24.3 Å². The highest BCUT2D eigenvalue weighted by molar-refractivity contribution is 6.09. The maximum absolute atomic E-state index is 13.1. The minimum Gasteiger partial charge on any atom is -0.497 e. The zero-order chi connectivity index (χ0) is 19.6. The first-order chi connectivity index (χ1) is 12.9. The van der Waals surface area contributed by atoms with E-state index in [0.29, 0.717) is 36.7 Å². The van der Waals surface area contributed by atoms with Gasteiger partial charge < -0.3 is 15.0 Å². The lowest BCUT2D eigenvalue weighted by Crippen LogP contribution is -2.47. The van der Waals surface area contributed by atoms with Gasteiger partial charge in [-0.15, -0.1) is 0 Å². The van der Waals surface area contributed by atoms with Crippen LogP contribution >= 0.6 is 0 Å². The van der Waals surface area contributed by atoms with Crippen molar-refractivity contribution < 1.29 is 19.1 Å². The number of piperidine rings is 1. The Bertz CT molecular complexity index is 733. The van der Waals surface area contributed by atoms with Crippen LogP contribution in [0, 0.1) is 5.92 Å². The first kappa shape index (κ1) is 19.2. The predicted molar refractivity (Wildman–Crippen MR) is 100 cm³/mol. The number of urea groups is 1. The lowest BCUT2D eigenvalue weighted by Gasteiger charge is -2.32. The highest BCUT2D eigenvalue weighted by atomic mass is 16.5. The summed E-state index contributed by atoms with van der Waals surface area (Å²) in [6.45, 7) is 5.11. The van der Waals surface area contributed by atoms with Gasteiger partial charge in [0.15, 0.2) is 0 Å². The summed E-state index contributed by atoms with van der Waals surface area (Å²) in [4.78, 5) is 41.1. The number of hydrogen-bond donors (Lipinski definition) is 1. The third-order valence-electron chi connectivity index (χ3n) is 5.59. The SMILES string of the molecule is CC[C@@]1(c2ccc(OC)cc2)NC(=O)N(CC(=O)N2CCC[C@H](C)C2)C1=O. The van der Waals surface area contributed by atoms with Crippen LogP contribution in [0.5, 0.6) is 5.75 Å². The molecule has 7 heteroatoms. The zero-order valence-corrected chi connectivity index (χ0v) is 16.2. The molecule has 0 aliphatic carbocycles. The molecule has 0 spiro atoms. The van der Waals surface area contributed by atoms with Crippen LogP contribution in [0.1, 0.15) is 38.7 Å². The van der Waals surface area contributed by atoms with Crippen LogP contribution in [0.4, 0.5) is 4.79 Å². The number of rotatable bonds is 5. The lowest BCUT2D eigenvalue weighted by atomic mass is 9.87. The molecule has 146 valence electrons. The van der Waals surface area contributed by atoms with E-state index in [0.717, 1.165) is 17.7 Å². The third-order valence-corrected chi connectivity index (χ3v) is 5.59. The molecule has 3 rings (SSSR count). The number of carbonyl (C=O) groups excluding carboxylic acids is 3. The maximum Gasteiger partial charge on any atom is 0.325 e. The monoisotopic (exact) mass is 373 g/mol. The lowest BCUT2D eigenvalue weighted by molar-refractivity contribution is -0.140. The maximum atomic E-state index is 13.1. The quantitative estimate of drug-likeness (QED) is 0.802. The summed E-state index contributed by atoms with van der Waals surface area (Å²) >= 11 is 0. The number of benzene rings is 1. The summed E-state index contributed by atoms with van der Waals surface area (Å²) in [7, 11) is 1.57. The fourth-order valence-corrected chi connectivity index (χ4v) is 3.94. The minimum atomic E-state index is -1.14. The number of carbonyl (C=O) groups is 3. The van der Waals surface area contributed by atoms with E-state index in [1.54, 1.807) is 36.3 Å². The molecule has 7 nitrogen and oxygen atoms in total. The Morgan fingerprint density at radius 3 is 2.59 bits per heavy atom. The Labute approximate surface area is 159 Å².